The Balaban J connectivity index is 1.45. The molecule has 144 valence electrons. The molecule has 3 aromatic rings. The Kier molecular flexibility index (Phi) is 5.49. The number of thioether (sulfide) groups is 1. The van der Waals surface area contributed by atoms with E-state index in [1.54, 1.807) is 18.2 Å². The topological polar surface area (TPSA) is 46.6 Å². The molecule has 2 amide bonds. The summed E-state index contributed by atoms with van der Waals surface area (Å²) in [5.41, 5.74) is 3.60. The van der Waals surface area contributed by atoms with E-state index >= 15 is 0 Å². The number of hydrogen-bond acceptors (Lipinski definition) is 4. The van der Waals surface area contributed by atoms with Crippen molar-refractivity contribution in [3.05, 3.63) is 100 Å². The van der Waals surface area contributed by atoms with E-state index in [0.29, 0.717) is 17.2 Å². The molecule has 1 heterocycles. The van der Waals surface area contributed by atoms with E-state index in [2.05, 4.69) is 0 Å². The molecular formula is C24H19NO3S. The number of rotatable bonds is 5. The van der Waals surface area contributed by atoms with Crippen LogP contribution in [0.3, 0.4) is 0 Å². The molecule has 1 fully saturated rings. The molecule has 0 spiro atoms. The van der Waals surface area contributed by atoms with Crippen LogP contribution in [0.15, 0.2) is 83.8 Å². The van der Waals surface area contributed by atoms with Crippen molar-refractivity contribution in [3.8, 4) is 5.75 Å². The molecule has 3 aromatic carbocycles. The number of carbonyl (C=O) groups is 2. The van der Waals surface area contributed by atoms with E-state index in [0.717, 1.165) is 34.2 Å². The van der Waals surface area contributed by atoms with E-state index in [1.165, 1.54) is 4.90 Å². The number of ether oxygens (including phenoxy) is 1. The zero-order chi connectivity index (χ0) is 20.2. The first-order valence-electron chi connectivity index (χ1n) is 9.21. The van der Waals surface area contributed by atoms with Crippen molar-refractivity contribution < 1.29 is 14.3 Å². The first-order valence-corrected chi connectivity index (χ1v) is 10.0. The molecule has 1 aliphatic rings. The number of anilines is 1. The molecule has 4 nitrogen and oxygen atoms in total. The second-order valence-corrected chi connectivity index (χ2v) is 7.69. The van der Waals surface area contributed by atoms with Crippen LogP contribution in [0, 0.1) is 6.92 Å². The second kappa shape index (κ2) is 8.37. The highest BCUT2D eigenvalue weighted by Crippen LogP contribution is 2.35. The number of amides is 2. The fraction of sp³-hybridized carbons (Fsp3) is 0.0833. The minimum absolute atomic E-state index is 0.284. The molecule has 0 atom stereocenters. The molecule has 5 heteroatoms. The zero-order valence-corrected chi connectivity index (χ0v) is 16.7. The standard InChI is InChI=1S/C24H19NO3S/c1-17-7-11-20(12-8-17)25-23(26)22(29-24(25)27)15-18-9-13-21(14-10-18)28-16-19-5-3-2-4-6-19/h2-15H,16H2,1H3. The van der Waals surface area contributed by atoms with Gasteiger partial charge in [-0.05, 0) is 60.2 Å². The maximum Gasteiger partial charge on any atom is 0.298 e. The number of hydrogen-bond donors (Lipinski definition) is 0. The van der Waals surface area contributed by atoms with Crippen LogP contribution < -0.4 is 9.64 Å². The lowest BCUT2D eigenvalue weighted by Crippen LogP contribution is -2.27. The summed E-state index contributed by atoms with van der Waals surface area (Å²) >= 11 is 0.955. The Bertz CT molecular complexity index is 1060. The summed E-state index contributed by atoms with van der Waals surface area (Å²) in [4.78, 5) is 26.7. The third-order valence-electron chi connectivity index (χ3n) is 4.51. The van der Waals surface area contributed by atoms with Gasteiger partial charge < -0.3 is 4.74 Å². The van der Waals surface area contributed by atoms with Gasteiger partial charge in [0.25, 0.3) is 11.1 Å². The van der Waals surface area contributed by atoms with Gasteiger partial charge in [0, 0.05) is 0 Å². The molecule has 1 saturated heterocycles. The molecule has 1 aliphatic heterocycles. The number of benzene rings is 3. The van der Waals surface area contributed by atoms with Gasteiger partial charge in [-0.25, -0.2) is 4.90 Å². The van der Waals surface area contributed by atoms with Crippen LogP contribution >= 0.6 is 11.8 Å². The molecule has 0 radical (unpaired) electrons. The van der Waals surface area contributed by atoms with Crippen molar-refractivity contribution in [2.24, 2.45) is 0 Å². The molecule has 4 rings (SSSR count). The predicted octanol–water partition coefficient (Wildman–Crippen LogP) is 5.81. The summed E-state index contributed by atoms with van der Waals surface area (Å²) < 4.78 is 5.78. The first-order chi connectivity index (χ1) is 14.1. The normalized spacial score (nSPS) is 15.2. The molecule has 0 N–H and O–H groups in total. The quantitative estimate of drug-likeness (QED) is 0.506. The van der Waals surface area contributed by atoms with Crippen LogP contribution in [0.25, 0.3) is 6.08 Å². The fourth-order valence-electron chi connectivity index (χ4n) is 2.94. The Hall–Kier alpha value is -3.31. The van der Waals surface area contributed by atoms with Crippen LogP contribution in [-0.4, -0.2) is 11.1 Å². The molecule has 0 bridgehead atoms. The average Bonchev–Trinajstić information content (AvgIpc) is 3.02. The molecule has 29 heavy (non-hydrogen) atoms. The molecule has 0 unspecified atom stereocenters. The molecule has 0 aliphatic carbocycles. The largest absolute Gasteiger partial charge is 0.489 e. The molecular weight excluding hydrogens is 382 g/mol. The number of carbonyl (C=O) groups excluding carboxylic acids is 2. The SMILES string of the molecule is Cc1ccc(N2C(=O)SC(=Cc3ccc(OCc4ccccc4)cc3)C2=O)cc1. The van der Waals surface area contributed by atoms with Crippen LogP contribution in [0.5, 0.6) is 5.75 Å². The number of nitrogens with zero attached hydrogens (tertiary/aromatic N) is 1. The van der Waals surface area contributed by atoms with E-state index in [9.17, 15) is 9.59 Å². The zero-order valence-electron chi connectivity index (χ0n) is 15.9. The van der Waals surface area contributed by atoms with Gasteiger partial charge in [-0.15, -0.1) is 0 Å². The van der Waals surface area contributed by atoms with Gasteiger partial charge >= 0.3 is 0 Å². The van der Waals surface area contributed by atoms with Crippen molar-refractivity contribution in [2.45, 2.75) is 13.5 Å². The summed E-state index contributed by atoms with van der Waals surface area (Å²) in [7, 11) is 0. The van der Waals surface area contributed by atoms with Crippen molar-refractivity contribution in [2.75, 3.05) is 4.90 Å². The number of aryl methyl sites for hydroxylation is 1. The summed E-state index contributed by atoms with van der Waals surface area (Å²) in [6.45, 7) is 2.46. The van der Waals surface area contributed by atoms with Gasteiger partial charge in [0.2, 0.25) is 0 Å². The van der Waals surface area contributed by atoms with Gasteiger partial charge in [-0.2, -0.15) is 0 Å². The second-order valence-electron chi connectivity index (χ2n) is 6.70. The maximum absolute atomic E-state index is 12.7. The third kappa shape index (κ3) is 4.41. The van der Waals surface area contributed by atoms with Crippen LogP contribution in [0.4, 0.5) is 10.5 Å². The summed E-state index contributed by atoms with van der Waals surface area (Å²) in [5, 5.41) is -0.284. The highest BCUT2D eigenvalue weighted by atomic mass is 32.2. The first kappa shape index (κ1) is 19.0. The van der Waals surface area contributed by atoms with E-state index < -0.39 is 0 Å². The summed E-state index contributed by atoms with van der Waals surface area (Å²) in [6, 6.07) is 24.8. The lowest BCUT2D eigenvalue weighted by molar-refractivity contribution is -0.113. The Morgan fingerprint density at radius 2 is 1.59 bits per heavy atom. The van der Waals surface area contributed by atoms with E-state index in [4.69, 9.17) is 4.74 Å². The average molecular weight is 401 g/mol. The van der Waals surface area contributed by atoms with Gasteiger partial charge in [0.1, 0.15) is 12.4 Å². The predicted molar refractivity (Wildman–Crippen MR) is 117 cm³/mol. The van der Waals surface area contributed by atoms with Crippen molar-refractivity contribution in [1.82, 2.24) is 0 Å². The Morgan fingerprint density at radius 3 is 2.28 bits per heavy atom. The van der Waals surface area contributed by atoms with Crippen molar-refractivity contribution >= 4 is 34.7 Å². The van der Waals surface area contributed by atoms with Crippen LogP contribution in [-0.2, 0) is 11.4 Å². The van der Waals surface area contributed by atoms with Gasteiger partial charge in [-0.1, -0.05) is 60.2 Å². The minimum Gasteiger partial charge on any atom is -0.489 e. The maximum atomic E-state index is 12.7. The van der Waals surface area contributed by atoms with Crippen LogP contribution in [0.2, 0.25) is 0 Å². The lowest BCUT2D eigenvalue weighted by Gasteiger charge is -2.12. The minimum atomic E-state index is -0.298. The van der Waals surface area contributed by atoms with E-state index in [1.807, 2.05) is 73.7 Å². The lowest BCUT2D eigenvalue weighted by atomic mass is 10.2. The smallest absolute Gasteiger partial charge is 0.298 e. The fourth-order valence-corrected chi connectivity index (χ4v) is 3.78. The highest BCUT2D eigenvalue weighted by Gasteiger charge is 2.36. The van der Waals surface area contributed by atoms with Gasteiger partial charge in [0.05, 0.1) is 10.6 Å². The molecule has 0 aromatic heterocycles. The van der Waals surface area contributed by atoms with Crippen molar-refractivity contribution in [3.63, 3.8) is 0 Å². The Morgan fingerprint density at radius 1 is 0.897 bits per heavy atom. The van der Waals surface area contributed by atoms with Gasteiger partial charge in [-0.3, -0.25) is 9.59 Å². The summed E-state index contributed by atoms with van der Waals surface area (Å²) in [5.74, 6) is 0.451. The third-order valence-corrected chi connectivity index (χ3v) is 5.38. The Labute approximate surface area is 173 Å². The van der Waals surface area contributed by atoms with E-state index in [-0.39, 0.29) is 11.1 Å². The molecule has 0 saturated carbocycles. The van der Waals surface area contributed by atoms with Crippen molar-refractivity contribution in [1.29, 1.82) is 0 Å². The highest BCUT2D eigenvalue weighted by molar-refractivity contribution is 8.19. The monoisotopic (exact) mass is 401 g/mol. The summed E-state index contributed by atoms with van der Waals surface area (Å²) in [6.07, 6.45) is 1.74. The number of imide groups is 1. The van der Waals surface area contributed by atoms with Crippen LogP contribution in [0.1, 0.15) is 16.7 Å². The van der Waals surface area contributed by atoms with Gasteiger partial charge in [0.15, 0.2) is 0 Å².